The average Bonchev–Trinajstić information content (AvgIpc) is 2.74. The van der Waals surface area contributed by atoms with Gasteiger partial charge in [0.15, 0.2) is 0 Å². The van der Waals surface area contributed by atoms with Gasteiger partial charge < -0.3 is 15.4 Å². The zero-order valence-electron chi connectivity index (χ0n) is 16.7. The lowest BCUT2D eigenvalue weighted by Gasteiger charge is -2.12. The molecule has 0 aliphatic rings. The average molecular weight is 389 g/mol. The van der Waals surface area contributed by atoms with Crippen LogP contribution < -0.4 is 15.4 Å². The van der Waals surface area contributed by atoms with Gasteiger partial charge in [-0.25, -0.2) is 0 Å². The van der Waals surface area contributed by atoms with E-state index in [9.17, 15) is 9.59 Å². The Morgan fingerprint density at radius 3 is 2.41 bits per heavy atom. The second-order valence-electron chi connectivity index (χ2n) is 6.65. The summed E-state index contributed by atoms with van der Waals surface area (Å²) in [4.78, 5) is 29.3. The first kappa shape index (κ1) is 20.1. The number of ether oxygens (including phenoxy) is 1. The number of amides is 2. The van der Waals surface area contributed by atoms with Crippen molar-refractivity contribution in [1.29, 1.82) is 0 Å². The van der Waals surface area contributed by atoms with Crippen LogP contribution in [0, 0.1) is 13.8 Å². The Hall–Kier alpha value is -3.67. The van der Waals surface area contributed by atoms with Crippen molar-refractivity contribution < 1.29 is 14.3 Å². The number of hydrogen-bond acceptors (Lipinski definition) is 4. The fourth-order valence-corrected chi connectivity index (χ4v) is 3.01. The van der Waals surface area contributed by atoms with E-state index in [-0.39, 0.29) is 17.5 Å². The monoisotopic (exact) mass is 389 g/mol. The van der Waals surface area contributed by atoms with E-state index in [4.69, 9.17) is 4.74 Å². The minimum atomic E-state index is -0.359. The number of pyridine rings is 1. The molecule has 1 aromatic heterocycles. The molecule has 0 aliphatic heterocycles. The summed E-state index contributed by atoms with van der Waals surface area (Å²) in [6.07, 6.45) is 1.46. The molecule has 0 atom stereocenters. The number of anilines is 1. The number of para-hydroxylation sites is 2. The molecule has 6 nitrogen and oxygen atoms in total. The maximum Gasteiger partial charge on any atom is 0.274 e. The smallest absolute Gasteiger partial charge is 0.274 e. The molecule has 29 heavy (non-hydrogen) atoms. The molecule has 0 bridgehead atoms. The highest BCUT2D eigenvalue weighted by Crippen LogP contribution is 2.20. The predicted octanol–water partition coefficient (Wildman–Crippen LogP) is 3.89. The van der Waals surface area contributed by atoms with Gasteiger partial charge in [0.05, 0.1) is 7.11 Å². The van der Waals surface area contributed by atoms with Crippen molar-refractivity contribution in [2.45, 2.75) is 20.4 Å². The van der Waals surface area contributed by atoms with E-state index in [1.54, 1.807) is 13.2 Å². The van der Waals surface area contributed by atoms with Crippen LogP contribution in [0.5, 0.6) is 5.75 Å². The SMILES string of the molecule is COc1ccccc1CNC(=O)c1ccnc(C(=O)Nc2c(C)cccc2C)c1. The van der Waals surface area contributed by atoms with Crippen LogP contribution in [0.1, 0.15) is 37.5 Å². The molecule has 2 N–H and O–H groups in total. The Balaban J connectivity index is 1.71. The van der Waals surface area contributed by atoms with E-state index in [1.807, 2.05) is 56.3 Å². The molecule has 2 aromatic carbocycles. The molecule has 0 spiro atoms. The van der Waals surface area contributed by atoms with Gasteiger partial charge in [0.1, 0.15) is 11.4 Å². The van der Waals surface area contributed by atoms with Crippen molar-refractivity contribution in [1.82, 2.24) is 10.3 Å². The third-order valence-electron chi connectivity index (χ3n) is 4.61. The maximum absolute atomic E-state index is 12.6. The molecule has 3 aromatic rings. The minimum absolute atomic E-state index is 0.178. The van der Waals surface area contributed by atoms with E-state index in [1.165, 1.54) is 12.3 Å². The molecule has 0 aliphatic carbocycles. The molecule has 3 rings (SSSR count). The number of benzene rings is 2. The lowest BCUT2D eigenvalue weighted by atomic mass is 10.1. The molecule has 6 heteroatoms. The van der Waals surface area contributed by atoms with Gasteiger partial charge in [0.2, 0.25) is 0 Å². The van der Waals surface area contributed by atoms with Crippen LogP contribution in [-0.2, 0) is 6.54 Å². The van der Waals surface area contributed by atoms with Crippen molar-refractivity contribution in [2.75, 3.05) is 12.4 Å². The molecular weight excluding hydrogens is 366 g/mol. The fraction of sp³-hybridized carbons (Fsp3) is 0.174. The molecular formula is C23H23N3O3. The molecule has 0 unspecified atom stereocenters. The van der Waals surface area contributed by atoms with Crippen molar-refractivity contribution in [3.8, 4) is 5.75 Å². The van der Waals surface area contributed by atoms with Gasteiger partial charge in [-0.05, 0) is 43.2 Å². The maximum atomic E-state index is 12.6. The number of carbonyl (C=O) groups excluding carboxylic acids is 2. The number of aromatic nitrogens is 1. The predicted molar refractivity (Wildman–Crippen MR) is 112 cm³/mol. The summed E-state index contributed by atoms with van der Waals surface area (Å²) < 4.78 is 5.30. The molecule has 0 radical (unpaired) electrons. The fourth-order valence-electron chi connectivity index (χ4n) is 3.01. The summed E-state index contributed by atoms with van der Waals surface area (Å²) >= 11 is 0. The number of nitrogens with one attached hydrogen (secondary N) is 2. The van der Waals surface area contributed by atoms with Crippen LogP contribution in [0.4, 0.5) is 5.69 Å². The van der Waals surface area contributed by atoms with Crippen LogP contribution in [-0.4, -0.2) is 23.9 Å². The third kappa shape index (κ3) is 4.79. The summed E-state index contributed by atoms with van der Waals surface area (Å²) in [7, 11) is 1.59. The molecule has 0 saturated heterocycles. The highest BCUT2D eigenvalue weighted by molar-refractivity contribution is 6.05. The lowest BCUT2D eigenvalue weighted by molar-refractivity contribution is 0.0950. The summed E-state index contributed by atoms with van der Waals surface area (Å²) in [5.74, 6) is 0.0532. The summed E-state index contributed by atoms with van der Waals surface area (Å²) in [5, 5.41) is 5.73. The van der Waals surface area contributed by atoms with Gasteiger partial charge in [0, 0.05) is 29.6 Å². The van der Waals surface area contributed by atoms with Gasteiger partial charge >= 0.3 is 0 Å². The highest BCUT2D eigenvalue weighted by Gasteiger charge is 2.14. The standard InChI is InChI=1S/C23H23N3O3/c1-15-7-6-8-16(2)21(15)26-23(28)19-13-17(11-12-24-19)22(27)25-14-18-9-4-5-10-20(18)29-3/h4-13H,14H2,1-3H3,(H,25,27)(H,26,28). The van der Waals surface area contributed by atoms with Crippen LogP contribution >= 0.6 is 0 Å². The van der Waals surface area contributed by atoms with Gasteiger partial charge in [-0.15, -0.1) is 0 Å². The lowest BCUT2D eigenvalue weighted by Crippen LogP contribution is -2.24. The van der Waals surface area contributed by atoms with Crippen molar-refractivity contribution in [3.05, 3.63) is 88.7 Å². The quantitative estimate of drug-likeness (QED) is 0.670. The summed E-state index contributed by atoms with van der Waals surface area (Å²) in [6, 6.07) is 16.3. The summed E-state index contributed by atoms with van der Waals surface area (Å²) in [5.41, 5.74) is 4.09. The molecule has 0 saturated carbocycles. The van der Waals surface area contributed by atoms with Gasteiger partial charge in [0.25, 0.3) is 11.8 Å². The Morgan fingerprint density at radius 2 is 1.69 bits per heavy atom. The topological polar surface area (TPSA) is 80.3 Å². The Kier molecular flexibility index (Phi) is 6.24. The van der Waals surface area contributed by atoms with Crippen LogP contribution in [0.25, 0.3) is 0 Å². The third-order valence-corrected chi connectivity index (χ3v) is 4.61. The molecule has 0 fully saturated rings. The van der Waals surface area contributed by atoms with Gasteiger partial charge in [-0.2, -0.15) is 0 Å². The Bertz CT molecular complexity index is 1030. The number of carbonyl (C=O) groups is 2. The zero-order chi connectivity index (χ0) is 20.8. The van der Waals surface area contributed by atoms with Crippen molar-refractivity contribution >= 4 is 17.5 Å². The summed E-state index contributed by atoms with van der Waals surface area (Å²) in [6.45, 7) is 4.17. The number of methoxy groups -OCH3 is 1. The van der Waals surface area contributed by atoms with E-state index in [0.29, 0.717) is 17.9 Å². The Morgan fingerprint density at radius 1 is 0.966 bits per heavy atom. The first-order valence-electron chi connectivity index (χ1n) is 9.23. The number of nitrogens with zero attached hydrogens (tertiary/aromatic N) is 1. The van der Waals surface area contributed by atoms with Crippen LogP contribution in [0.2, 0.25) is 0 Å². The van der Waals surface area contributed by atoms with Gasteiger partial charge in [-0.3, -0.25) is 14.6 Å². The number of aryl methyl sites for hydroxylation is 2. The van der Waals surface area contributed by atoms with Crippen molar-refractivity contribution in [3.63, 3.8) is 0 Å². The minimum Gasteiger partial charge on any atom is -0.496 e. The molecule has 1 heterocycles. The highest BCUT2D eigenvalue weighted by atomic mass is 16.5. The second kappa shape index (κ2) is 9.01. The normalized spacial score (nSPS) is 10.3. The zero-order valence-corrected chi connectivity index (χ0v) is 16.7. The van der Waals surface area contributed by atoms with Crippen LogP contribution in [0.15, 0.2) is 60.8 Å². The molecule has 2 amide bonds. The first-order valence-corrected chi connectivity index (χ1v) is 9.23. The van der Waals surface area contributed by atoms with E-state index < -0.39 is 0 Å². The largest absolute Gasteiger partial charge is 0.496 e. The van der Waals surface area contributed by atoms with Gasteiger partial charge in [-0.1, -0.05) is 36.4 Å². The second-order valence-corrected chi connectivity index (χ2v) is 6.65. The first-order chi connectivity index (χ1) is 14.0. The van der Waals surface area contributed by atoms with Crippen molar-refractivity contribution in [2.24, 2.45) is 0 Å². The van der Waals surface area contributed by atoms with Crippen LogP contribution in [0.3, 0.4) is 0 Å². The van der Waals surface area contributed by atoms with E-state index in [2.05, 4.69) is 15.6 Å². The molecule has 148 valence electrons. The number of rotatable bonds is 6. The van der Waals surface area contributed by atoms with E-state index in [0.717, 1.165) is 22.4 Å². The number of hydrogen-bond donors (Lipinski definition) is 2. The van der Waals surface area contributed by atoms with E-state index >= 15 is 0 Å². The Labute approximate surface area is 169 Å².